The van der Waals surface area contributed by atoms with E-state index in [9.17, 15) is 9.59 Å². The molecule has 19 heavy (non-hydrogen) atoms. The van der Waals surface area contributed by atoms with Gasteiger partial charge in [0.25, 0.3) is 0 Å². The number of rotatable bonds is 5. The summed E-state index contributed by atoms with van der Waals surface area (Å²) in [6.45, 7) is 1.21. The summed E-state index contributed by atoms with van der Waals surface area (Å²) in [6, 6.07) is 5.78. The molecule has 0 fully saturated rings. The number of fused-ring (bicyclic) bond motifs is 1. The van der Waals surface area contributed by atoms with Crippen LogP contribution in [0.25, 0.3) is 0 Å². The van der Waals surface area contributed by atoms with Crippen LogP contribution < -0.4 is 16.0 Å². The molecular weight excluding hydrogens is 242 g/mol. The fraction of sp³-hybridized carbons (Fsp3) is 0.429. The molecule has 5 nitrogen and oxygen atoms in total. The predicted molar refractivity (Wildman–Crippen MR) is 73.7 cm³/mol. The predicted octanol–water partition coefficient (Wildman–Crippen LogP) is 0.561. The van der Waals surface area contributed by atoms with E-state index in [1.165, 1.54) is 4.90 Å². The number of amides is 2. The normalized spacial score (nSPS) is 13.8. The second-order valence-corrected chi connectivity index (χ2v) is 4.69. The zero-order valence-corrected chi connectivity index (χ0v) is 11.1. The molecule has 1 aliphatic rings. The largest absolute Gasteiger partial charge is 0.330 e. The first-order valence-corrected chi connectivity index (χ1v) is 6.49. The van der Waals surface area contributed by atoms with Gasteiger partial charge >= 0.3 is 0 Å². The Morgan fingerprint density at radius 2 is 2.26 bits per heavy atom. The summed E-state index contributed by atoms with van der Waals surface area (Å²) in [5.41, 5.74) is 8.17. The summed E-state index contributed by atoms with van der Waals surface area (Å²) in [7, 11) is 1.88. The molecule has 1 heterocycles. The third kappa shape index (κ3) is 2.83. The van der Waals surface area contributed by atoms with Gasteiger partial charge in [-0.05, 0) is 37.2 Å². The first-order chi connectivity index (χ1) is 9.17. The number of nitrogens with two attached hydrogens (primary N) is 1. The van der Waals surface area contributed by atoms with Crippen molar-refractivity contribution in [2.75, 3.05) is 18.5 Å². The summed E-state index contributed by atoms with van der Waals surface area (Å²) in [5.74, 6) is -0.297. The Hall–Kier alpha value is -1.72. The van der Waals surface area contributed by atoms with Crippen LogP contribution >= 0.6 is 0 Å². The lowest BCUT2D eigenvalue weighted by Crippen LogP contribution is -2.33. The number of carbonyl (C=O) groups is 2. The van der Waals surface area contributed by atoms with Gasteiger partial charge in [-0.2, -0.15) is 0 Å². The SMILES string of the molecule is CNCc1ccc2c(c1)CC(=O)N2C(=O)CCCN. The van der Waals surface area contributed by atoms with Crippen LogP contribution in [0.4, 0.5) is 5.69 Å². The quantitative estimate of drug-likeness (QED) is 0.812. The molecule has 2 amide bonds. The van der Waals surface area contributed by atoms with Gasteiger partial charge in [-0.15, -0.1) is 0 Å². The molecule has 1 aliphatic heterocycles. The van der Waals surface area contributed by atoms with Crippen LogP contribution in [0, 0.1) is 0 Å². The van der Waals surface area contributed by atoms with Crippen LogP contribution in [0.2, 0.25) is 0 Å². The molecule has 0 spiro atoms. The molecule has 0 saturated heterocycles. The van der Waals surface area contributed by atoms with Crippen molar-refractivity contribution >= 4 is 17.5 Å². The van der Waals surface area contributed by atoms with E-state index in [4.69, 9.17) is 5.73 Å². The first-order valence-electron chi connectivity index (χ1n) is 6.49. The van der Waals surface area contributed by atoms with Crippen molar-refractivity contribution in [2.45, 2.75) is 25.8 Å². The zero-order chi connectivity index (χ0) is 13.8. The van der Waals surface area contributed by atoms with Crippen molar-refractivity contribution in [3.8, 4) is 0 Å². The fourth-order valence-corrected chi connectivity index (χ4v) is 2.33. The summed E-state index contributed by atoms with van der Waals surface area (Å²) in [6.07, 6.45) is 1.23. The van der Waals surface area contributed by atoms with E-state index in [1.807, 2.05) is 25.2 Å². The standard InChI is InChI=1S/C14H19N3O2/c1-16-9-10-4-5-12-11(7-10)8-14(19)17(12)13(18)3-2-6-15/h4-5,7,16H,2-3,6,8-9,15H2,1H3. The number of hydrogen-bond acceptors (Lipinski definition) is 4. The summed E-state index contributed by atoms with van der Waals surface area (Å²) in [5, 5.41) is 3.07. The molecule has 1 aromatic rings. The van der Waals surface area contributed by atoms with Crippen molar-refractivity contribution in [1.82, 2.24) is 5.32 Å². The van der Waals surface area contributed by atoms with Crippen LogP contribution in [0.15, 0.2) is 18.2 Å². The Bertz CT molecular complexity index is 499. The second-order valence-electron chi connectivity index (χ2n) is 4.69. The minimum Gasteiger partial charge on any atom is -0.330 e. The van der Waals surface area contributed by atoms with E-state index >= 15 is 0 Å². The molecular formula is C14H19N3O2. The van der Waals surface area contributed by atoms with Crippen LogP contribution in [0.3, 0.4) is 0 Å². The van der Waals surface area contributed by atoms with Gasteiger partial charge in [-0.25, -0.2) is 4.90 Å². The maximum Gasteiger partial charge on any atom is 0.238 e. The Balaban J connectivity index is 2.21. The lowest BCUT2D eigenvalue weighted by molar-refractivity contribution is -0.125. The minimum absolute atomic E-state index is 0.140. The topological polar surface area (TPSA) is 75.4 Å². The average Bonchev–Trinajstić information content (AvgIpc) is 2.71. The van der Waals surface area contributed by atoms with Gasteiger partial charge in [0, 0.05) is 13.0 Å². The maximum absolute atomic E-state index is 12.0. The minimum atomic E-state index is -0.157. The van der Waals surface area contributed by atoms with Gasteiger partial charge in [0.05, 0.1) is 12.1 Å². The van der Waals surface area contributed by atoms with Crippen molar-refractivity contribution in [3.63, 3.8) is 0 Å². The van der Waals surface area contributed by atoms with Gasteiger partial charge in [0.15, 0.2) is 0 Å². The number of imide groups is 1. The average molecular weight is 261 g/mol. The number of hydrogen-bond donors (Lipinski definition) is 2. The van der Waals surface area contributed by atoms with Gasteiger partial charge in [-0.3, -0.25) is 9.59 Å². The molecule has 3 N–H and O–H groups in total. The van der Waals surface area contributed by atoms with Crippen molar-refractivity contribution < 1.29 is 9.59 Å². The van der Waals surface area contributed by atoms with Crippen LogP contribution in [-0.2, 0) is 22.6 Å². The van der Waals surface area contributed by atoms with Crippen LogP contribution in [-0.4, -0.2) is 25.4 Å². The molecule has 2 rings (SSSR count). The highest BCUT2D eigenvalue weighted by atomic mass is 16.2. The first kappa shape index (κ1) is 13.7. The molecule has 0 unspecified atom stereocenters. The van der Waals surface area contributed by atoms with Gasteiger partial charge in [0.2, 0.25) is 11.8 Å². The molecule has 0 saturated carbocycles. The molecule has 0 bridgehead atoms. The Morgan fingerprint density at radius 1 is 1.47 bits per heavy atom. The summed E-state index contributed by atoms with van der Waals surface area (Å²) >= 11 is 0. The van der Waals surface area contributed by atoms with E-state index in [0.29, 0.717) is 25.8 Å². The Labute approximate surface area is 112 Å². The number of anilines is 1. The summed E-state index contributed by atoms with van der Waals surface area (Å²) in [4.78, 5) is 25.3. The number of benzene rings is 1. The van der Waals surface area contributed by atoms with E-state index in [2.05, 4.69) is 5.32 Å². The van der Waals surface area contributed by atoms with Crippen molar-refractivity contribution in [2.24, 2.45) is 5.73 Å². The van der Waals surface area contributed by atoms with E-state index in [0.717, 1.165) is 23.4 Å². The molecule has 1 aromatic carbocycles. The third-order valence-corrected chi connectivity index (χ3v) is 3.20. The maximum atomic E-state index is 12.0. The fourth-order valence-electron chi connectivity index (χ4n) is 2.33. The zero-order valence-electron chi connectivity index (χ0n) is 11.1. The number of nitrogens with zero attached hydrogens (tertiary/aromatic N) is 1. The second kappa shape index (κ2) is 5.95. The molecule has 0 radical (unpaired) electrons. The highest BCUT2D eigenvalue weighted by Gasteiger charge is 2.31. The van der Waals surface area contributed by atoms with E-state index < -0.39 is 0 Å². The van der Waals surface area contributed by atoms with Gasteiger partial charge < -0.3 is 11.1 Å². The van der Waals surface area contributed by atoms with Crippen molar-refractivity contribution in [3.05, 3.63) is 29.3 Å². The number of nitrogens with one attached hydrogen (secondary N) is 1. The van der Waals surface area contributed by atoms with E-state index in [-0.39, 0.29) is 11.8 Å². The molecule has 0 atom stereocenters. The van der Waals surface area contributed by atoms with Gasteiger partial charge in [-0.1, -0.05) is 12.1 Å². The third-order valence-electron chi connectivity index (χ3n) is 3.20. The molecule has 0 aromatic heterocycles. The highest BCUT2D eigenvalue weighted by Crippen LogP contribution is 2.30. The van der Waals surface area contributed by atoms with Crippen LogP contribution in [0.1, 0.15) is 24.0 Å². The molecule has 5 heteroatoms. The van der Waals surface area contributed by atoms with Gasteiger partial charge in [0.1, 0.15) is 0 Å². The van der Waals surface area contributed by atoms with Crippen LogP contribution in [0.5, 0.6) is 0 Å². The lowest BCUT2D eigenvalue weighted by atomic mass is 10.1. The molecule has 0 aliphatic carbocycles. The molecule has 102 valence electrons. The Morgan fingerprint density at radius 3 is 2.95 bits per heavy atom. The summed E-state index contributed by atoms with van der Waals surface area (Å²) < 4.78 is 0. The monoisotopic (exact) mass is 261 g/mol. The smallest absolute Gasteiger partial charge is 0.238 e. The lowest BCUT2D eigenvalue weighted by Gasteiger charge is -2.15. The van der Waals surface area contributed by atoms with Crippen molar-refractivity contribution in [1.29, 1.82) is 0 Å². The Kier molecular flexibility index (Phi) is 4.29. The number of carbonyl (C=O) groups excluding carboxylic acids is 2. The van der Waals surface area contributed by atoms with E-state index in [1.54, 1.807) is 0 Å². The highest BCUT2D eigenvalue weighted by molar-refractivity contribution is 6.19.